The number of carbonyl (C=O) groups is 1. The highest BCUT2D eigenvalue weighted by atomic mass is 19.3. The summed E-state index contributed by atoms with van der Waals surface area (Å²) in [5.74, 6) is -0.722. The first-order valence-corrected chi connectivity index (χ1v) is 10.6. The van der Waals surface area contributed by atoms with Gasteiger partial charge < -0.3 is 9.84 Å². The van der Waals surface area contributed by atoms with E-state index in [0.717, 1.165) is 18.8 Å². The fraction of sp³-hybridized carbons (Fsp3) is 0.952. The minimum absolute atomic E-state index is 0.0991. The van der Waals surface area contributed by atoms with Crippen LogP contribution in [0.5, 0.6) is 0 Å². The van der Waals surface area contributed by atoms with Gasteiger partial charge in [0.25, 0.3) is 0 Å². The minimum Gasteiger partial charge on any atom is -0.464 e. The van der Waals surface area contributed by atoms with Crippen LogP contribution < -0.4 is 0 Å². The topological polar surface area (TPSA) is 46.5 Å². The first-order chi connectivity index (χ1) is 12.4. The Morgan fingerprint density at radius 2 is 1.81 bits per heavy atom. The van der Waals surface area contributed by atoms with Gasteiger partial charge in [-0.25, -0.2) is 13.6 Å². The molecule has 1 N–H and O–H groups in total. The van der Waals surface area contributed by atoms with Crippen LogP contribution in [-0.4, -0.2) is 29.7 Å². The summed E-state index contributed by atoms with van der Waals surface area (Å²) in [6.45, 7) is 3.95. The number of unbranched alkanes of at least 4 members (excludes halogenated alkanes) is 2. The molecule has 3 unspecified atom stereocenters. The Morgan fingerprint density at radius 3 is 2.38 bits per heavy atom. The zero-order valence-electron chi connectivity index (χ0n) is 16.4. The van der Waals surface area contributed by atoms with Crippen molar-refractivity contribution in [2.24, 2.45) is 23.7 Å². The molecule has 2 fully saturated rings. The van der Waals surface area contributed by atoms with Crippen LogP contribution >= 0.6 is 0 Å². The Bertz CT molecular complexity index is 435. The lowest BCUT2D eigenvalue weighted by molar-refractivity contribution is -0.189. The maximum Gasteiger partial charge on any atom is 0.338 e. The van der Waals surface area contributed by atoms with Crippen LogP contribution in [0.3, 0.4) is 0 Å². The quantitative estimate of drug-likeness (QED) is 0.460. The van der Waals surface area contributed by atoms with Gasteiger partial charge in [0, 0.05) is 0 Å². The molecule has 0 saturated heterocycles. The molecule has 0 aromatic carbocycles. The van der Waals surface area contributed by atoms with Crippen LogP contribution in [0.25, 0.3) is 0 Å². The van der Waals surface area contributed by atoms with Gasteiger partial charge in [0.05, 0.1) is 12.5 Å². The van der Waals surface area contributed by atoms with E-state index in [-0.39, 0.29) is 25.4 Å². The standard InChI is InChI=1S/C21H36F2O3/c1-3-5-6-7-15-8-10-16(11-9-15)17-12-13-21(25,20(24)26-4-2)18(14-17)19(22)23/h15-19,25H,3-14H2,1-2H3. The lowest BCUT2D eigenvalue weighted by Crippen LogP contribution is -2.53. The fourth-order valence-corrected chi connectivity index (χ4v) is 5.11. The molecular formula is C21H36F2O3. The third kappa shape index (κ3) is 5.17. The SMILES string of the molecule is CCCCCC1CCC(C2CCC(O)(C(=O)OCC)C(C(F)F)C2)CC1. The molecule has 2 aliphatic carbocycles. The molecule has 2 aliphatic rings. The molecule has 0 spiro atoms. The van der Waals surface area contributed by atoms with Crippen molar-refractivity contribution in [2.75, 3.05) is 6.61 Å². The van der Waals surface area contributed by atoms with Crippen molar-refractivity contribution in [2.45, 2.75) is 96.5 Å². The number of halogens is 2. The van der Waals surface area contributed by atoms with Gasteiger partial charge in [0.1, 0.15) is 0 Å². The average Bonchev–Trinajstić information content (AvgIpc) is 2.63. The van der Waals surface area contributed by atoms with E-state index in [9.17, 15) is 18.7 Å². The molecule has 0 amide bonds. The van der Waals surface area contributed by atoms with Crippen LogP contribution in [0.4, 0.5) is 8.78 Å². The molecule has 5 heteroatoms. The van der Waals surface area contributed by atoms with Gasteiger partial charge >= 0.3 is 5.97 Å². The second-order valence-corrected chi connectivity index (χ2v) is 8.40. The smallest absolute Gasteiger partial charge is 0.338 e. The average molecular weight is 375 g/mol. The van der Waals surface area contributed by atoms with Gasteiger partial charge in [-0.05, 0) is 56.8 Å². The Labute approximate surface area is 156 Å². The Balaban J connectivity index is 1.90. The highest BCUT2D eigenvalue weighted by Crippen LogP contribution is 2.47. The van der Waals surface area contributed by atoms with Crippen molar-refractivity contribution >= 4 is 5.97 Å². The van der Waals surface area contributed by atoms with E-state index in [1.54, 1.807) is 6.92 Å². The van der Waals surface area contributed by atoms with E-state index in [4.69, 9.17) is 4.74 Å². The van der Waals surface area contributed by atoms with E-state index < -0.39 is 23.9 Å². The first kappa shape index (κ1) is 21.6. The number of esters is 1. The van der Waals surface area contributed by atoms with E-state index >= 15 is 0 Å². The van der Waals surface area contributed by atoms with Gasteiger partial charge in [-0.3, -0.25) is 0 Å². The maximum atomic E-state index is 13.6. The van der Waals surface area contributed by atoms with Crippen LogP contribution in [0, 0.1) is 23.7 Å². The molecular weight excluding hydrogens is 338 g/mol. The second-order valence-electron chi connectivity index (χ2n) is 8.40. The lowest BCUT2D eigenvalue weighted by atomic mass is 9.64. The zero-order valence-corrected chi connectivity index (χ0v) is 16.4. The number of alkyl halides is 2. The van der Waals surface area contributed by atoms with Crippen molar-refractivity contribution < 1.29 is 23.4 Å². The molecule has 0 radical (unpaired) electrons. The summed E-state index contributed by atoms with van der Waals surface area (Å²) in [4.78, 5) is 12.1. The Morgan fingerprint density at radius 1 is 1.12 bits per heavy atom. The zero-order chi connectivity index (χ0) is 19.2. The van der Waals surface area contributed by atoms with Gasteiger partial charge in [0.15, 0.2) is 5.60 Å². The molecule has 2 saturated carbocycles. The summed E-state index contributed by atoms with van der Waals surface area (Å²) in [7, 11) is 0. The predicted molar refractivity (Wildman–Crippen MR) is 98.0 cm³/mol. The summed E-state index contributed by atoms with van der Waals surface area (Å²) < 4.78 is 32.1. The molecule has 0 heterocycles. The Hall–Kier alpha value is -0.710. The highest BCUT2D eigenvalue weighted by Gasteiger charge is 2.53. The van der Waals surface area contributed by atoms with Crippen molar-refractivity contribution in [1.29, 1.82) is 0 Å². The van der Waals surface area contributed by atoms with E-state index in [0.29, 0.717) is 12.3 Å². The fourth-order valence-electron chi connectivity index (χ4n) is 5.11. The van der Waals surface area contributed by atoms with E-state index in [2.05, 4.69) is 6.92 Å². The molecule has 3 atom stereocenters. The highest BCUT2D eigenvalue weighted by molar-refractivity contribution is 5.80. The first-order valence-electron chi connectivity index (χ1n) is 10.6. The second kappa shape index (κ2) is 10.0. The van der Waals surface area contributed by atoms with Gasteiger partial charge in [-0.1, -0.05) is 45.4 Å². The van der Waals surface area contributed by atoms with E-state index in [1.165, 1.54) is 38.5 Å². The number of rotatable bonds is 8. The normalized spacial score (nSPS) is 35.5. The molecule has 26 heavy (non-hydrogen) atoms. The molecule has 0 aliphatic heterocycles. The maximum absolute atomic E-state index is 13.6. The third-order valence-electron chi connectivity index (χ3n) is 6.77. The monoisotopic (exact) mass is 374 g/mol. The van der Waals surface area contributed by atoms with Crippen LogP contribution in [-0.2, 0) is 9.53 Å². The van der Waals surface area contributed by atoms with Crippen LogP contribution in [0.1, 0.15) is 84.5 Å². The molecule has 0 aromatic heterocycles. The summed E-state index contributed by atoms with van der Waals surface area (Å²) >= 11 is 0. The molecule has 0 bridgehead atoms. The number of ether oxygens (including phenoxy) is 1. The molecule has 3 nitrogen and oxygen atoms in total. The predicted octanol–water partition coefficient (Wildman–Crippen LogP) is 5.35. The minimum atomic E-state index is -2.70. The summed E-state index contributed by atoms with van der Waals surface area (Å²) in [5, 5.41) is 10.6. The number of aliphatic hydroxyl groups is 1. The van der Waals surface area contributed by atoms with Crippen LogP contribution in [0.15, 0.2) is 0 Å². The largest absolute Gasteiger partial charge is 0.464 e. The lowest BCUT2D eigenvalue weighted by Gasteiger charge is -2.44. The van der Waals surface area contributed by atoms with Crippen LogP contribution in [0.2, 0.25) is 0 Å². The van der Waals surface area contributed by atoms with Crippen molar-refractivity contribution in [3.05, 3.63) is 0 Å². The summed E-state index contributed by atoms with van der Waals surface area (Å²) in [6, 6.07) is 0. The van der Waals surface area contributed by atoms with Gasteiger partial charge in [-0.2, -0.15) is 0 Å². The number of hydrogen-bond donors (Lipinski definition) is 1. The van der Waals surface area contributed by atoms with Gasteiger partial charge in [0.2, 0.25) is 6.43 Å². The Kier molecular flexibility index (Phi) is 8.31. The molecule has 2 rings (SSSR count). The van der Waals surface area contributed by atoms with E-state index in [1.807, 2.05) is 0 Å². The molecule has 152 valence electrons. The molecule has 0 aromatic rings. The van der Waals surface area contributed by atoms with Crippen molar-refractivity contribution in [1.82, 2.24) is 0 Å². The summed E-state index contributed by atoms with van der Waals surface area (Å²) in [5.41, 5.74) is -2.02. The number of carbonyl (C=O) groups excluding carboxylic acids is 1. The van der Waals surface area contributed by atoms with Crippen molar-refractivity contribution in [3.63, 3.8) is 0 Å². The third-order valence-corrected chi connectivity index (χ3v) is 6.77. The number of hydrogen-bond acceptors (Lipinski definition) is 3. The summed E-state index contributed by atoms with van der Waals surface area (Å²) in [6.07, 6.45) is 8.04. The van der Waals surface area contributed by atoms with Gasteiger partial charge in [-0.15, -0.1) is 0 Å². The van der Waals surface area contributed by atoms with Crippen molar-refractivity contribution in [3.8, 4) is 0 Å².